The van der Waals surface area contributed by atoms with E-state index in [0.717, 1.165) is 0 Å². The third kappa shape index (κ3) is 2.58. The average molecular weight is 261 g/mol. The molecule has 0 aliphatic rings. The van der Waals surface area contributed by atoms with E-state index in [9.17, 15) is 10.1 Å². The zero-order valence-electron chi connectivity index (χ0n) is 9.03. The zero-order chi connectivity index (χ0) is 13.0. The quantitative estimate of drug-likeness (QED) is 0.666. The molecular formula is C10H7N5O2S. The molecule has 18 heavy (non-hydrogen) atoms. The van der Waals surface area contributed by atoms with Crippen LogP contribution in [0.2, 0.25) is 0 Å². The second-order valence-electron chi connectivity index (χ2n) is 3.35. The molecule has 90 valence electrons. The molecule has 1 heterocycles. The molecule has 2 rings (SSSR count). The van der Waals surface area contributed by atoms with Crippen molar-refractivity contribution >= 4 is 22.9 Å². The van der Waals surface area contributed by atoms with Gasteiger partial charge in [-0.2, -0.15) is 5.26 Å². The molecule has 0 saturated carbocycles. The van der Waals surface area contributed by atoms with Crippen LogP contribution in [0.1, 0.15) is 11.3 Å². The predicted octanol–water partition coefficient (Wildman–Crippen LogP) is 1.93. The van der Waals surface area contributed by atoms with E-state index in [2.05, 4.69) is 14.9 Å². The van der Waals surface area contributed by atoms with Gasteiger partial charge in [-0.25, -0.2) is 0 Å². The molecule has 8 heteroatoms. The maximum Gasteiger partial charge on any atom is 0.293 e. The first-order valence-electron chi connectivity index (χ1n) is 4.89. The number of nitro groups is 1. The number of anilines is 1. The van der Waals surface area contributed by atoms with Crippen molar-refractivity contribution < 1.29 is 4.92 Å². The lowest BCUT2D eigenvalue weighted by Gasteiger charge is -2.05. The van der Waals surface area contributed by atoms with Gasteiger partial charge in [-0.1, -0.05) is 4.49 Å². The maximum atomic E-state index is 10.9. The number of nitriles is 1. The van der Waals surface area contributed by atoms with E-state index in [-0.39, 0.29) is 11.3 Å². The van der Waals surface area contributed by atoms with Gasteiger partial charge in [0.25, 0.3) is 5.69 Å². The molecular weight excluding hydrogens is 254 g/mol. The summed E-state index contributed by atoms with van der Waals surface area (Å²) in [6.45, 7) is 0.350. The van der Waals surface area contributed by atoms with Crippen molar-refractivity contribution in [1.29, 1.82) is 5.26 Å². The number of hydrogen-bond donors (Lipinski definition) is 1. The molecule has 0 fully saturated rings. The third-order valence-electron chi connectivity index (χ3n) is 2.19. The van der Waals surface area contributed by atoms with Crippen LogP contribution in [0.3, 0.4) is 0 Å². The van der Waals surface area contributed by atoms with Crippen LogP contribution < -0.4 is 5.32 Å². The van der Waals surface area contributed by atoms with E-state index in [4.69, 9.17) is 5.26 Å². The third-order valence-corrected chi connectivity index (χ3v) is 2.74. The van der Waals surface area contributed by atoms with Gasteiger partial charge in [-0.15, -0.1) is 5.10 Å². The van der Waals surface area contributed by atoms with Crippen LogP contribution in [-0.2, 0) is 6.54 Å². The molecule has 0 atom stereocenters. The first-order chi connectivity index (χ1) is 8.70. The smallest absolute Gasteiger partial charge is 0.293 e. The highest BCUT2D eigenvalue weighted by molar-refractivity contribution is 7.03. The molecule has 0 spiro atoms. The Balaban J connectivity index is 2.22. The number of aromatic nitrogens is 2. The summed E-state index contributed by atoms with van der Waals surface area (Å²) in [5, 5.41) is 28.1. The van der Waals surface area contributed by atoms with Gasteiger partial charge < -0.3 is 5.32 Å². The van der Waals surface area contributed by atoms with Crippen molar-refractivity contribution in [3.8, 4) is 6.07 Å². The summed E-state index contributed by atoms with van der Waals surface area (Å²) in [5.74, 6) is 0. The highest BCUT2D eigenvalue weighted by atomic mass is 32.1. The SMILES string of the molecule is N#Cc1ccc(NCc2csnn2)c([N+](=O)[O-])c1. The Morgan fingerprint density at radius 1 is 1.56 bits per heavy atom. The lowest BCUT2D eigenvalue weighted by molar-refractivity contribution is -0.384. The van der Waals surface area contributed by atoms with E-state index in [1.165, 1.54) is 29.7 Å². The molecule has 0 unspecified atom stereocenters. The fraction of sp³-hybridized carbons (Fsp3) is 0.100. The summed E-state index contributed by atoms with van der Waals surface area (Å²) in [6, 6.07) is 6.14. The molecule has 0 amide bonds. The molecule has 7 nitrogen and oxygen atoms in total. The fourth-order valence-corrected chi connectivity index (χ4v) is 1.80. The molecule has 2 aromatic rings. The average Bonchev–Trinajstić information content (AvgIpc) is 2.89. The molecule has 1 N–H and O–H groups in total. The first-order valence-corrected chi connectivity index (χ1v) is 5.72. The number of hydrogen-bond acceptors (Lipinski definition) is 7. The maximum absolute atomic E-state index is 10.9. The summed E-state index contributed by atoms with van der Waals surface area (Å²) >= 11 is 1.21. The Morgan fingerprint density at radius 2 is 2.39 bits per heavy atom. The van der Waals surface area contributed by atoms with Crippen LogP contribution in [0, 0.1) is 21.4 Å². The highest BCUT2D eigenvalue weighted by Crippen LogP contribution is 2.25. The van der Waals surface area contributed by atoms with Crippen molar-refractivity contribution in [1.82, 2.24) is 9.59 Å². The largest absolute Gasteiger partial charge is 0.374 e. The van der Waals surface area contributed by atoms with Gasteiger partial charge >= 0.3 is 0 Å². The van der Waals surface area contributed by atoms with Crippen molar-refractivity contribution in [2.75, 3.05) is 5.32 Å². The molecule has 0 aliphatic heterocycles. The summed E-state index contributed by atoms with van der Waals surface area (Å²) in [7, 11) is 0. The molecule has 0 bridgehead atoms. The second-order valence-corrected chi connectivity index (χ2v) is 3.96. The monoisotopic (exact) mass is 261 g/mol. The number of nitro benzene ring substituents is 1. The van der Waals surface area contributed by atoms with Gasteiger partial charge in [0.2, 0.25) is 0 Å². The van der Waals surface area contributed by atoms with Crippen LogP contribution in [0.25, 0.3) is 0 Å². The van der Waals surface area contributed by atoms with E-state index >= 15 is 0 Å². The summed E-state index contributed by atoms with van der Waals surface area (Å²) in [6.07, 6.45) is 0. The Kier molecular flexibility index (Phi) is 3.45. The molecule has 0 radical (unpaired) electrons. The van der Waals surface area contributed by atoms with E-state index in [1.54, 1.807) is 5.38 Å². The molecule has 0 aliphatic carbocycles. The minimum Gasteiger partial charge on any atom is -0.374 e. The summed E-state index contributed by atoms with van der Waals surface area (Å²) < 4.78 is 3.69. The van der Waals surface area contributed by atoms with Crippen LogP contribution in [-0.4, -0.2) is 14.5 Å². The Morgan fingerprint density at radius 3 is 3.00 bits per heavy atom. The Bertz CT molecular complexity index is 605. The molecule has 1 aromatic heterocycles. The lowest BCUT2D eigenvalue weighted by Crippen LogP contribution is -2.03. The van der Waals surface area contributed by atoms with Crippen LogP contribution >= 0.6 is 11.5 Å². The van der Waals surface area contributed by atoms with Gasteiger partial charge in [0, 0.05) is 11.4 Å². The Labute approximate surface area is 106 Å². The van der Waals surface area contributed by atoms with Gasteiger partial charge in [-0.3, -0.25) is 10.1 Å². The highest BCUT2D eigenvalue weighted by Gasteiger charge is 2.14. The fourth-order valence-electron chi connectivity index (χ4n) is 1.35. The van der Waals surface area contributed by atoms with Gasteiger partial charge in [0.15, 0.2) is 0 Å². The van der Waals surface area contributed by atoms with E-state index < -0.39 is 4.92 Å². The molecule has 1 aromatic carbocycles. The first kappa shape index (κ1) is 11.9. The van der Waals surface area contributed by atoms with Crippen molar-refractivity contribution in [3.05, 3.63) is 45.0 Å². The van der Waals surface area contributed by atoms with Crippen LogP contribution in [0.15, 0.2) is 23.6 Å². The normalized spacial score (nSPS) is 9.72. The van der Waals surface area contributed by atoms with Gasteiger partial charge in [0.1, 0.15) is 5.69 Å². The summed E-state index contributed by atoms with van der Waals surface area (Å²) in [5.41, 5.74) is 1.19. The minimum absolute atomic E-state index is 0.128. The van der Waals surface area contributed by atoms with Crippen LogP contribution in [0.4, 0.5) is 11.4 Å². The van der Waals surface area contributed by atoms with E-state index in [0.29, 0.717) is 17.9 Å². The van der Waals surface area contributed by atoms with E-state index in [1.807, 2.05) is 6.07 Å². The van der Waals surface area contributed by atoms with Crippen LogP contribution in [0.5, 0.6) is 0 Å². The molecule has 0 saturated heterocycles. The second kappa shape index (κ2) is 5.20. The lowest BCUT2D eigenvalue weighted by atomic mass is 10.2. The minimum atomic E-state index is -0.525. The zero-order valence-corrected chi connectivity index (χ0v) is 9.85. The number of nitrogens with zero attached hydrogens (tertiary/aromatic N) is 4. The number of benzene rings is 1. The van der Waals surface area contributed by atoms with Gasteiger partial charge in [0.05, 0.1) is 28.8 Å². The standard InChI is InChI=1S/C10H7N5O2S/c11-4-7-1-2-9(10(3-7)15(16)17)12-5-8-6-18-14-13-8/h1-3,6,12H,5H2. The van der Waals surface area contributed by atoms with Gasteiger partial charge in [-0.05, 0) is 23.7 Å². The number of nitrogens with one attached hydrogen (secondary N) is 1. The Hall–Kier alpha value is -2.53. The van der Waals surface area contributed by atoms with Crippen molar-refractivity contribution in [3.63, 3.8) is 0 Å². The van der Waals surface area contributed by atoms with Crippen molar-refractivity contribution in [2.24, 2.45) is 0 Å². The predicted molar refractivity (Wildman–Crippen MR) is 65.0 cm³/mol. The topological polar surface area (TPSA) is 105 Å². The van der Waals surface area contributed by atoms with Crippen molar-refractivity contribution in [2.45, 2.75) is 6.54 Å². The number of rotatable bonds is 4. The summed E-state index contributed by atoms with van der Waals surface area (Å²) in [4.78, 5) is 10.4.